The maximum Gasteiger partial charge on any atom is 0.254 e. The highest BCUT2D eigenvalue weighted by Gasteiger charge is 2.22. The van der Waals surface area contributed by atoms with E-state index in [1.165, 1.54) is 0 Å². The second-order valence-corrected chi connectivity index (χ2v) is 4.92. The van der Waals surface area contributed by atoms with Crippen LogP contribution < -0.4 is 5.32 Å². The van der Waals surface area contributed by atoms with E-state index in [4.69, 9.17) is 5.11 Å². The molecule has 2 rings (SSSR count). The summed E-state index contributed by atoms with van der Waals surface area (Å²) in [5.41, 5.74) is 2.07. The van der Waals surface area contributed by atoms with Crippen molar-refractivity contribution in [2.24, 2.45) is 0 Å². The Labute approximate surface area is 124 Å². The molecule has 5 nitrogen and oxygen atoms in total. The molecule has 0 aliphatic carbocycles. The van der Waals surface area contributed by atoms with Crippen molar-refractivity contribution in [3.8, 4) is 11.8 Å². The van der Waals surface area contributed by atoms with Gasteiger partial charge in [-0.15, -0.1) is 0 Å². The molecule has 0 bridgehead atoms. The molecular formula is C16H18N2O3. The number of aryl methyl sites for hydroxylation is 1. The zero-order valence-electron chi connectivity index (χ0n) is 12.0. The van der Waals surface area contributed by atoms with Crippen LogP contribution in [0.3, 0.4) is 0 Å². The van der Waals surface area contributed by atoms with Crippen LogP contribution in [0.5, 0.6) is 0 Å². The lowest BCUT2D eigenvalue weighted by molar-refractivity contribution is -0.121. The molecular weight excluding hydrogens is 268 g/mol. The Morgan fingerprint density at radius 1 is 1.48 bits per heavy atom. The van der Waals surface area contributed by atoms with Gasteiger partial charge in [0.25, 0.3) is 5.91 Å². The topological polar surface area (TPSA) is 69.6 Å². The summed E-state index contributed by atoms with van der Waals surface area (Å²) in [6.45, 7) is 2.88. The fourth-order valence-corrected chi connectivity index (χ4v) is 2.22. The Hall–Kier alpha value is -2.32. The lowest BCUT2D eigenvalue weighted by Crippen LogP contribution is -2.37. The van der Waals surface area contributed by atoms with E-state index >= 15 is 0 Å². The molecule has 110 valence electrons. The van der Waals surface area contributed by atoms with Crippen molar-refractivity contribution >= 4 is 11.8 Å². The molecule has 21 heavy (non-hydrogen) atoms. The molecule has 1 heterocycles. The first kappa shape index (κ1) is 15.1. The summed E-state index contributed by atoms with van der Waals surface area (Å²) in [5, 5.41) is 11.5. The third-order valence-electron chi connectivity index (χ3n) is 3.33. The molecule has 0 saturated carbocycles. The quantitative estimate of drug-likeness (QED) is 0.730. The van der Waals surface area contributed by atoms with Crippen LogP contribution in [0.4, 0.5) is 0 Å². The summed E-state index contributed by atoms with van der Waals surface area (Å²) in [4.78, 5) is 25.7. The highest BCUT2D eigenvalue weighted by atomic mass is 16.2. The minimum absolute atomic E-state index is 0.0881. The van der Waals surface area contributed by atoms with Gasteiger partial charge >= 0.3 is 0 Å². The molecule has 1 fully saturated rings. The fourth-order valence-electron chi connectivity index (χ4n) is 2.22. The zero-order valence-corrected chi connectivity index (χ0v) is 12.0. The van der Waals surface area contributed by atoms with Crippen molar-refractivity contribution in [2.75, 3.05) is 26.2 Å². The molecule has 1 saturated heterocycles. The smallest absolute Gasteiger partial charge is 0.254 e. The molecule has 0 aromatic heterocycles. The molecule has 1 aliphatic rings. The lowest BCUT2D eigenvalue weighted by atomic mass is 10.0. The number of nitrogens with one attached hydrogen (secondary N) is 1. The number of carbonyl (C=O) groups is 2. The van der Waals surface area contributed by atoms with Gasteiger partial charge in [0.2, 0.25) is 5.91 Å². The molecule has 0 spiro atoms. The second kappa shape index (κ2) is 6.91. The van der Waals surface area contributed by atoms with Gasteiger partial charge in [0, 0.05) is 24.2 Å². The van der Waals surface area contributed by atoms with Gasteiger partial charge in [-0.1, -0.05) is 17.9 Å². The van der Waals surface area contributed by atoms with Crippen molar-refractivity contribution < 1.29 is 14.7 Å². The summed E-state index contributed by atoms with van der Waals surface area (Å²) < 4.78 is 0. The predicted octanol–water partition coefficient (Wildman–Crippen LogP) is 0.301. The first-order valence-electron chi connectivity index (χ1n) is 6.88. The van der Waals surface area contributed by atoms with Gasteiger partial charge in [-0.2, -0.15) is 0 Å². The van der Waals surface area contributed by atoms with Crippen molar-refractivity contribution in [1.29, 1.82) is 0 Å². The van der Waals surface area contributed by atoms with E-state index in [-0.39, 0.29) is 25.0 Å². The van der Waals surface area contributed by atoms with E-state index in [2.05, 4.69) is 17.2 Å². The van der Waals surface area contributed by atoms with Crippen LogP contribution in [0.2, 0.25) is 0 Å². The largest absolute Gasteiger partial charge is 0.384 e. The first-order valence-corrected chi connectivity index (χ1v) is 6.88. The standard InChI is InChI=1S/C16H18N2O3/c1-12-5-6-13(4-2-9-19)10-14(12)16(21)18-8-3-7-17-15(20)11-18/h5-6,10,19H,3,7-9,11H2,1H3,(H,17,20). The summed E-state index contributed by atoms with van der Waals surface area (Å²) in [6.07, 6.45) is 0.751. The van der Waals surface area contributed by atoms with Gasteiger partial charge in [0.05, 0.1) is 6.54 Å². The van der Waals surface area contributed by atoms with Crippen LogP contribution in [0.25, 0.3) is 0 Å². The average Bonchev–Trinajstić information content (AvgIpc) is 2.70. The molecule has 1 aliphatic heterocycles. The van der Waals surface area contributed by atoms with E-state index < -0.39 is 0 Å². The van der Waals surface area contributed by atoms with Crippen molar-refractivity contribution in [2.45, 2.75) is 13.3 Å². The van der Waals surface area contributed by atoms with Crippen LogP contribution in [0, 0.1) is 18.8 Å². The maximum absolute atomic E-state index is 12.6. The van der Waals surface area contributed by atoms with Crippen LogP contribution >= 0.6 is 0 Å². The minimum Gasteiger partial charge on any atom is -0.384 e. The Morgan fingerprint density at radius 3 is 3.05 bits per heavy atom. The molecule has 0 atom stereocenters. The number of nitrogens with zero attached hydrogens (tertiary/aromatic N) is 1. The molecule has 5 heteroatoms. The van der Waals surface area contributed by atoms with E-state index in [0.717, 1.165) is 12.0 Å². The van der Waals surface area contributed by atoms with Gasteiger partial charge in [0.1, 0.15) is 6.61 Å². The predicted molar refractivity (Wildman–Crippen MR) is 78.7 cm³/mol. The molecule has 0 radical (unpaired) electrons. The number of rotatable bonds is 1. The summed E-state index contributed by atoms with van der Waals surface area (Å²) in [5.74, 6) is 5.07. The molecule has 2 N–H and O–H groups in total. The SMILES string of the molecule is Cc1ccc(C#CCO)cc1C(=O)N1CCCNC(=O)C1. The Balaban J connectivity index is 2.26. The third-order valence-corrected chi connectivity index (χ3v) is 3.33. The van der Waals surface area contributed by atoms with Crippen LogP contribution in [0.1, 0.15) is 27.9 Å². The van der Waals surface area contributed by atoms with Gasteiger partial charge in [0.15, 0.2) is 0 Å². The maximum atomic E-state index is 12.6. The van der Waals surface area contributed by atoms with E-state index in [1.54, 1.807) is 11.0 Å². The van der Waals surface area contributed by atoms with Crippen LogP contribution in [0.15, 0.2) is 18.2 Å². The van der Waals surface area contributed by atoms with E-state index in [1.807, 2.05) is 19.1 Å². The number of carbonyl (C=O) groups excluding carboxylic acids is 2. The number of amides is 2. The highest BCUT2D eigenvalue weighted by molar-refractivity contribution is 5.98. The molecule has 1 aromatic rings. The number of aliphatic hydroxyl groups excluding tert-OH is 1. The average molecular weight is 286 g/mol. The molecule has 2 amide bonds. The number of hydrogen-bond acceptors (Lipinski definition) is 3. The molecule has 1 aromatic carbocycles. The first-order chi connectivity index (χ1) is 10.1. The molecule has 0 unspecified atom stereocenters. The Bertz CT molecular complexity index is 614. The normalized spacial score (nSPS) is 14.8. The summed E-state index contributed by atoms with van der Waals surface area (Å²) in [6, 6.07) is 5.35. The summed E-state index contributed by atoms with van der Waals surface area (Å²) >= 11 is 0. The van der Waals surface area contributed by atoms with Gasteiger partial charge < -0.3 is 15.3 Å². The fraction of sp³-hybridized carbons (Fsp3) is 0.375. The van der Waals surface area contributed by atoms with Crippen LogP contribution in [-0.4, -0.2) is 48.1 Å². The zero-order chi connectivity index (χ0) is 15.2. The number of aliphatic hydroxyl groups is 1. The van der Waals surface area contributed by atoms with Gasteiger partial charge in [-0.3, -0.25) is 9.59 Å². The third kappa shape index (κ3) is 3.83. The Kier molecular flexibility index (Phi) is 4.96. The van der Waals surface area contributed by atoms with Gasteiger partial charge in [-0.05, 0) is 31.0 Å². The van der Waals surface area contributed by atoms with Crippen molar-refractivity contribution in [3.63, 3.8) is 0 Å². The highest BCUT2D eigenvalue weighted by Crippen LogP contribution is 2.14. The van der Waals surface area contributed by atoms with Crippen LogP contribution in [-0.2, 0) is 4.79 Å². The lowest BCUT2D eigenvalue weighted by Gasteiger charge is -2.20. The van der Waals surface area contributed by atoms with Crippen molar-refractivity contribution in [1.82, 2.24) is 10.2 Å². The van der Waals surface area contributed by atoms with E-state index in [9.17, 15) is 9.59 Å². The summed E-state index contributed by atoms with van der Waals surface area (Å²) in [7, 11) is 0. The number of benzene rings is 1. The number of hydrogen-bond donors (Lipinski definition) is 2. The monoisotopic (exact) mass is 286 g/mol. The Morgan fingerprint density at radius 2 is 2.29 bits per heavy atom. The van der Waals surface area contributed by atoms with E-state index in [0.29, 0.717) is 24.2 Å². The second-order valence-electron chi connectivity index (χ2n) is 4.92. The van der Waals surface area contributed by atoms with Crippen molar-refractivity contribution in [3.05, 3.63) is 34.9 Å². The minimum atomic E-state index is -0.219. The van der Waals surface area contributed by atoms with Gasteiger partial charge in [-0.25, -0.2) is 0 Å².